The highest BCUT2D eigenvalue weighted by Gasteiger charge is 2.31. The Morgan fingerprint density at radius 2 is 2.36 bits per heavy atom. The summed E-state index contributed by atoms with van der Waals surface area (Å²) in [5.74, 6) is 0.140. The van der Waals surface area contributed by atoms with Gasteiger partial charge in [0.1, 0.15) is 0 Å². The largest absolute Gasteiger partial charge is 0.465 e. The van der Waals surface area contributed by atoms with Crippen molar-refractivity contribution in [2.45, 2.75) is 19.4 Å². The lowest BCUT2D eigenvalue weighted by Gasteiger charge is -2.16. The summed E-state index contributed by atoms with van der Waals surface area (Å²) < 4.78 is 0. The first-order valence-electron chi connectivity index (χ1n) is 3.75. The second-order valence-electron chi connectivity index (χ2n) is 3.07. The van der Waals surface area contributed by atoms with Crippen molar-refractivity contribution in [3.05, 3.63) is 0 Å². The van der Waals surface area contributed by atoms with Crippen molar-refractivity contribution >= 4 is 6.09 Å². The van der Waals surface area contributed by atoms with Gasteiger partial charge in [-0.3, -0.25) is 0 Å². The molecule has 0 saturated carbocycles. The molecule has 1 aliphatic heterocycles. The van der Waals surface area contributed by atoms with Gasteiger partial charge in [0.25, 0.3) is 0 Å². The van der Waals surface area contributed by atoms with Crippen LogP contribution in [0.3, 0.4) is 0 Å². The molecule has 11 heavy (non-hydrogen) atoms. The van der Waals surface area contributed by atoms with Gasteiger partial charge in [-0.25, -0.2) is 4.79 Å². The number of hydrogen-bond acceptors (Lipinski definition) is 2. The molecule has 64 valence electrons. The van der Waals surface area contributed by atoms with Crippen LogP contribution < -0.4 is 0 Å². The van der Waals surface area contributed by atoms with Crippen molar-refractivity contribution in [2.24, 2.45) is 5.92 Å². The molecule has 0 bridgehead atoms. The normalized spacial score (nSPS) is 30.9. The van der Waals surface area contributed by atoms with E-state index in [0.29, 0.717) is 6.54 Å². The van der Waals surface area contributed by atoms with Gasteiger partial charge >= 0.3 is 6.09 Å². The second kappa shape index (κ2) is 3.09. The van der Waals surface area contributed by atoms with Gasteiger partial charge in [-0.15, -0.1) is 0 Å². The molecule has 0 spiro atoms. The van der Waals surface area contributed by atoms with Crippen molar-refractivity contribution in [3.8, 4) is 0 Å². The third-order valence-electron chi connectivity index (χ3n) is 2.17. The Balaban J connectivity index is 2.51. The molecular weight excluding hydrogens is 146 g/mol. The summed E-state index contributed by atoms with van der Waals surface area (Å²) in [5.41, 5.74) is 0. The molecule has 0 radical (unpaired) electrons. The van der Waals surface area contributed by atoms with Crippen LogP contribution in [0.1, 0.15) is 13.3 Å². The second-order valence-corrected chi connectivity index (χ2v) is 3.07. The molecule has 1 aliphatic rings. The quantitative estimate of drug-likeness (QED) is 0.581. The highest BCUT2D eigenvalue weighted by Crippen LogP contribution is 2.21. The summed E-state index contributed by atoms with van der Waals surface area (Å²) in [6.45, 7) is 2.44. The first-order valence-corrected chi connectivity index (χ1v) is 3.75. The Hall–Kier alpha value is -0.770. The van der Waals surface area contributed by atoms with Gasteiger partial charge in [0.2, 0.25) is 0 Å². The molecule has 0 aromatic heterocycles. The van der Waals surface area contributed by atoms with E-state index in [0.717, 1.165) is 6.42 Å². The van der Waals surface area contributed by atoms with E-state index in [1.54, 1.807) is 0 Å². The molecule has 0 aliphatic carbocycles. The zero-order valence-electron chi connectivity index (χ0n) is 6.53. The smallest absolute Gasteiger partial charge is 0.407 e. The zero-order valence-corrected chi connectivity index (χ0v) is 6.53. The predicted molar refractivity (Wildman–Crippen MR) is 39.4 cm³/mol. The SMILES string of the molecule is CC1CC(CO)CN1C(=O)O. The van der Waals surface area contributed by atoms with E-state index in [1.165, 1.54) is 4.90 Å². The highest BCUT2D eigenvalue weighted by molar-refractivity contribution is 5.65. The van der Waals surface area contributed by atoms with Crippen LogP contribution in [0, 0.1) is 5.92 Å². The topological polar surface area (TPSA) is 60.8 Å². The van der Waals surface area contributed by atoms with E-state index in [2.05, 4.69) is 0 Å². The van der Waals surface area contributed by atoms with Gasteiger partial charge in [-0.05, 0) is 13.3 Å². The number of aliphatic hydroxyl groups is 1. The van der Waals surface area contributed by atoms with Crippen LogP contribution in [0.4, 0.5) is 4.79 Å². The first kappa shape index (κ1) is 8.33. The van der Waals surface area contributed by atoms with Gasteiger partial charge in [0.15, 0.2) is 0 Å². The third kappa shape index (κ3) is 1.63. The van der Waals surface area contributed by atoms with Crippen LogP contribution in [-0.4, -0.2) is 40.4 Å². The van der Waals surface area contributed by atoms with E-state index >= 15 is 0 Å². The van der Waals surface area contributed by atoms with Crippen molar-refractivity contribution < 1.29 is 15.0 Å². The Labute approximate surface area is 65.4 Å². The van der Waals surface area contributed by atoms with Gasteiger partial charge < -0.3 is 15.1 Å². The average molecular weight is 159 g/mol. The molecule has 1 saturated heterocycles. The number of nitrogens with zero attached hydrogens (tertiary/aromatic N) is 1. The summed E-state index contributed by atoms with van der Waals surface area (Å²) in [6, 6.07) is 0.0599. The standard InChI is InChI=1S/C7H13NO3/c1-5-2-6(4-9)3-8(5)7(10)11/h5-6,9H,2-4H2,1H3,(H,10,11). The van der Waals surface area contributed by atoms with E-state index < -0.39 is 6.09 Å². The van der Waals surface area contributed by atoms with Crippen LogP contribution in [0.25, 0.3) is 0 Å². The van der Waals surface area contributed by atoms with E-state index in [9.17, 15) is 4.79 Å². The fourth-order valence-corrected chi connectivity index (χ4v) is 1.54. The maximum absolute atomic E-state index is 10.5. The number of carboxylic acid groups (broad SMARTS) is 1. The van der Waals surface area contributed by atoms with Gasteiger partial charge in [0, 0.05) is 25.1 Å². The molecule has 1 rings (SSSR count). The molecule has 2 N–H and O–H groups in total. The lowest BCUT2D eigenvalue weighted by molar-refractivity contribution is 0.140. The average Bonchev–Trinajstić information content (AvgIpc) is 2.30. The molecule has 0 aromatic rings. The van der Waals surface area contributed by atoms with Crippen molar-refractivity contribution in [1.29, 1.82) is 0 Å². The van der Waals surface area contributed by atoms with E-state index in [4.69, 9.17) is 10.2 Å². The summed E-state index contributed by atoms with van der Waals surface area (Å²) in [4.78, 5) is 11.9. The lowest BCUT2D eigenvalue weighted by atomic mass is 10.1. The highest BCUT2D eigenvalue weighted by atomic mass is 16.4. The number of rotatable bonds is 1. The first-order chi connectivity index (χ1) is 5.15. The summed E-state index contributed by atoms with van der Waals surface area (Å²) in [5, 5.41) is 17.4. The van der Waals surface area contributed by atoms with E-state index in [-0.39, 0.29) is 18.6 Å². The van der Waals surface area contributed by atoms with Crippen molar-refractivity contribution in [1.82, 2.24) is 4.90 Å². The summed E-state index contributed by atoms with van der Waals surface area (Å²) in [6.07, 6.45) is -0.101. The predicted octanol–water partition coefficient (Wildman–Crippen LogP) is 0.367. The minimum atomic E-state index is -0.881. The number of likely N-dealkylation sites (tertiary alicyclic amines) is 1. The number of aliphatic hydroxyl groups excluding tert-OH is 1. The Bertz CT molecular complexity index is 160. The Kier molecular flexibility index (Phi) is 2.34. The fourth-order valence-electron chi connectivity index (χ4n) is 1.54. The lowest BCUT2D eigenvalue weighted by Crippen LogP contribution is -2.32. The molecule has 4 heteroatoms. The van der Waals surface area contributed by atoms with Crippen LogP contribution in [0.5, 0.6) is 0 Å². The molecule has 1 heterocycles. The molecular formula is C7H13NO3. The fraction of sp³-hybridized carbons (Fsp3) is 0.857. The maximum Gasteiger partial charge on any atom is 0.407 e. The third-order valence-corrected chi connectivity index (χ3v) is 2.17. The molecule has 0 aromatic carbocycles. The number of hydrogen-bond donors (Lipinski definition) is 2. The van der Waals surface area contributed by atoms with Crippen molar-refractivity contribution in [2.75, 3.05) is 13.2 Å². The van der Waals surface area contributed by atoms with Gasteiger partial charge in [-0.1, -0.05) is 0 Å². The van der Waals surface area contributed by atoms with Crippen LogP contribution in [0.15, 0.2) is 0 Å². The van der Waals surface area contributed by atoms with Gasteiger partial charge in [0.05, 0.1) is 0 Å². The van der Waals surface area contributed by atoms with Crippen LogP contribution >= 0.6 is 0 Å². The molecule has 1 fully saturated rings. The molecule has 2 atom stereocenters. The summed E-state index contributed by atoms with van der Waals surface area (Å²) in [7, 11) is 0. The number of amides is 1. The monoisotopic (exact) mass is 159 g/mol. The van der Waals surface area contributed by atoms with Crippen molar-refractivity contribution in [3.63, 3.8) is 0 Å². The summed E-state index contributed by atoms with van der Waals surface area (Å²) >= 11 is 0. The molecule has 4 nitrogen and oxygen atoms in total. The van der Waals surface area contributed by atoms with E-state index in [1.807, 2.05) is 6.92 Å². The van der Waals surface area contributed by atoms with Gasteiger partial charge in [-0.2, -0.15) is 0 Å². The maximum atomic E-state index is 10.5. The van der Waals surface area contributed by atoms with Crippen LogP contribution in [0.2, 0.25) is 0 Å². The molecule has 2 unspecified atom stereocenters. The zero-order chi connectivity index (χ0) is 8.43. The minimum absolute atomic E-state index is 0.0599. The number of carbonyl (C=O) groups is 1. The minimum Gasteiger partial charge on any atom is -0.465 e. The molecule has 1 amide bonds. The Morgan fingerprint density at radius 3 is 2.64 bits per heavy atom. The Morgan fingerprint density at radius 1 is 1.73 bits per heavy atom. The van der Waals surface area contributed by atoms with Crippen LogP contribution in [-0.2, 0) is 0 Å².